The lowest BCUT2D eigenvalue weighted by Gasteiger charge is -2.06. The molecule has 6 heteroatoms. The number of hydrogen-bond donors (Lipinski definition) is 2. The summed E-state index contributed by atoms with van der Waals surface area (Å²) in [5.74, 6) is 0. The molecule has 10 heavy (non-hydrogen) atoms. The van der Waals surface area contributed by atoms with Crippen molar-refractivity contribution in [1.82, 2.24) is 0 Å². The minimum atomic E-state index is -4.92. The molecule has 3 N–H and O–H groups in total. The molecule has 0 spiro atoms. The molecule has 0 aliphatic heterocycles. The fourth-order valence-corrected chi connectivity index (χ4v) is 0. The van der Waals surface area contributed by atoms with Crippen LogP contribution in [0.5, 0.6) is 0 Å². The Morgan fingerprint density at radius 2 is 1.50 bits per heavy atom. The largest absolute Gasteiger partial charge is 1.00 e. The first-order chi connectivity index (χ1) is 4.00. The first-order valence-electron chi connectivity index (χ1n) is 2.47. The minimum absolute atomic E-state index is 0. The second-order valence-electron chi connectivity index (χ2n) is 2.79. The fourth-order valence-electron chi connectivity index (χ4n) is 0. The predicted molar refractivity (Wildman–Crippen MR) is 37.4 cm³/mol. The summed E-state index contributed by atoms with van der Waals surface area (Å²) in [6, 6.07) is 0. The molecule has 0 aromatic carbocycles. The van der Waals surface area contributed by atoms with Crippen molar-refractivity contribution >= 4 is 10.4 Å². The van der Waals surface area contributed by atoms with Crippen LogP contribution in [0.25, 0.3) is 0 Å². The number of nitrogens with two attached hydrogens (primary N) is 1. The molecule has 0 unspecified atom stereocenters. The van der Waals surface area contributed by atoms with Crippen LogP contribution in [0.1, 0.15) is 22.2 Å². The lowest BCUT2D eigenvalue weighted by molar-refractivity contribution is 0.366. The van der Waals surface area contributed by atoms with Gasteiger partial charge in [-0.25, -0.2) is 8.42 Å². The first kappa shape index (κ1) is 12.5. The van der Waals surface area contributed by atoms with E-state index < -0.39 is 10.4 Å². The average molecular weight is 171 g/mol. The SMILES string of the molecule is CC(C)(C)N.O=S(=O)([O-])O.[H+]. The zero-order valence-corrected chi connectivity index (χ0v) is 6.97. The van der Waals surface area contributed by atoms with Crippen molar-refractivity contribution in [1.29, 1.82) is 0 Å². The molecule has 0 atom stereocenters. The van der Waals surface area contributed by atoms with Gasteiger partial charge in [0.25, 0.3) is 0 Å². The normalized spacial score (nSPS) is 11.8. The Kier molecular flexibility index (Phi) is 4.84. The van der Waals surface area contributed by atoms with Crippen molar-refractivity contribution in [2.45, 2.75) is 26.3 Å². The second kappa shape index (κ2) is 3.87. The van der Waals surface area contributed by atoms with Crippen molar-refractivity contribution in [3.63, 3.8) is 0 Å². The van der Waals surface area contributed by atoms with Gasteiger partial charge >= 0.3 is 1.43 Å². The molecule has 64 valence electrons. The Morgan fingerprint density at radius 3 is 1.50 bits per heavy atom. The Balaban J connectivity index is -0.000000107. The molecule has 0 aromatic heterocycles. The monoisotopic (exact) mass is 171 g/mol. The molecule has 0 fully saturated rings. The molecule has 0 saturated carbocycles. The van der Waals surface area contributed by atoms with E-state index in [4.69, 9.17) is 23.3 Å². The Morgan fingerprint density at radius 1 is 1.50 bits per heavy atom. The summed E-state index contributed by atoms with van der Waals surface area (Å²) in [4.78, 5) is 0. The molecule has 0 aliphatic rings. The van der Waals surface area contributed by atoms with Crippen LogP contribution >= 0.6 is 0 Å². The summed E-state index contributed by atoms with van der Waals surface area (Å²) in [7, 11) is -4.92. The summed E-state index contributed by atoms with van der Waals surface area (Å²) in [5.41, 5.74) is 5.35. The van der Waals surface area contributed by atoms with Gasteiger partial charge in [0, 0.05) is 5.54 Å². The molecule has 0 aliphatic carbocycles. The van der Waals surface area contributed by atoms with E-state index >= 15 is 0 Å². The van der Waals surface area contributed by atoms with E-state index in [0.29, 0.717) is 0 Å². The van der Waals surface area contributed by atoms with Gasteiger partial charge < -0.3 is 10.3 Å². The van der Waals surface area contributed by atoms with Crippen LogP contribution < -0.4 is 5.73 Å². The highest BCUT2D eigenvalue weighted by molar-refractivity contribution is 7.79. The summed E-state index contributed by atoms with van der Waals surface area (Å²) < 4.78 is 32.8. The summed E-state index contributed by atoms with van der Waals surface area (Å²) in [6.07, 6.45) is 0. The van der Waals surface area contributed by atoms with Gasteiger partial charge in [-0.2, -0.15) is 0 Å². The Hall–Kier alpha value is -0.170. The van der Waals surface area contributed by atoms with Crippen molar-refractivity contribution in [3.05, 3.63) is 0 Å². The standard InChI is InChI=1S/C4H11N.H2O4S/c1-4(2,3)5;1-5(2,3)4/h5H2,1-3H3;(H2,1,2,3,4). The van der Waals surface area contributed by atoms with Crippen molar-refractivity contribution in [2.75, 3.05) is 0 Å². The topological polar surface area (TPSA) is 103 Å². The maximum absolute atomic E-state index is 8.63. The van der Waals surface area contributed by atoms with Gasteiger partial charge in [-0.05, 0) is 20.8 Å². The zero-order valence-electron chi connectivity index (χ0n) is 7.16. The van der Waals surface area contributed by atoms with Gasteiger partial charge in [-0.1, -0.05) is 0 Å². The molecular formula is C4H13NO4S. The van der Waals surface area contributed by atoms with Crippen molar-refractivity contribution in [2.24, 2.45) is 5.73 Å². The van der Waals surface area contributed by atoms with E-state index in [1.165, 1.54) is 0 Å². The number of hydrogen-bond acceptors (Lipinski definition) is 4. The molecule has 5 nitrogen and oxygen atoms in total. The lowest BCUT2D eigenvalue weighted by Crippen LogP contribution is -2.26. The second-order valence-corrected chi connectivity index (χ2v) is 3.65. The molecule has 0 rings (SSSR count). The van der Waals surface area contributed by atoms with Gasteiger partial charge in [0.2, 0.25) is 10.4 Å². The van der Waals surface area contributed by atoms with Gasteiger partial charge in [0.1, 0.15) is 0 Å². The highest BCUT2D eigenvalue weighted by Gasteiger charge is 1.95. The van der Waals surface area contributed by atoms with Gasteiger partial charge in [-0.3, -0.25) is 4.55 Å². The minimum Gasteiger partial charge on any atom is -0.726 e. The summed E-state index contributed by atoms with van der Waals surface area (Å²) in [6.45, 7) is 5.90. The van der Waals surface area contributed by atoms with E-state index in [1.807, 2.05) is 20.8 Å². The van der Waals surface area contributed by atoms with Crippen LogP contribution in [0.4, 0.5) is 0 Å². The van der Waals surface area contributed by atoms with Gasteiger partial charge in [0.15, 0.2) is 0 Å². The molecule has 0 heterocycles. The smallest absolute Gasteiger partial charge is 0.726 e. The molecule has 0 aromatic rings. The van der Waals surface area contributed by atoms with Crippen LogP contribution in [0.3, 0.4) is 0 Å². The molecule has 0 radical (unpaired) electrons. The third-order valence-electron chi connectivity index (χ3n) is 0. The van der Waals surface area contributed by atoms with E-state index in [9.17, 15) is 0 Å². The van der Waals surface area contributed by atoms with Gasteiger partial charge in [-0.15, -0.1) is 0 Å². The van der Waals surface area contributed by atoms with E-state index in [1.54, 1.807) is 0 Å². The first-order valence-corrected chi connectivity index (χ1v) is 3.84. The summed E-state index contributed by atoms with van der Waals surface area (Å²) in [5, 5.41) is 0. The molecular weight excluding hydrogens is 158 g/mol. The van der Waals surface area contributed by atoms with E-state index in [-0.39, 0.29) is 6.97 Å². The lowest BCUT2D eigenvalue weighted by atomic mass is 10.1. The van der Waals surface area contributed by atoms with E-state index in [2.05, 4.69) is 0 Å². The Labute approximate surface area is 62.3 Å². The summed E-state index contributed by atoms with van der Waals surface area (Å²) >= 11 is 0. The van der Waals surface area contributed by atoms with Gasteiger partial charge in [0.05, 0.1) is 0 Å². The number of rotatable bonds is 0. The third-order valence-corrected chi connectivity index (χ3v) is 0. The van der Waals surface area contributed by atoms with Crippen LogP contribution in [-0.4, -0.2) is 23.1 Å². The third kappa shape index (κ3) is 12600. The van der Waals surface area contributed by atoms with Crippen LogP contribution in [0.15, 0.2) is 0 Å². The zero-order chi connectivity index (χ0) is 9.00. The average Bonchev–Trinajstić information content (AvgIpc) is 1.12. The maximum Gasteiger partial charge on any atom is 1.00 e. The quantitative estimate of drug-likeness (QED) is 0.390. The van der Waals surface area contributed by atoms with Crippen molar-refractivity contribution < 1.29 is 18.9 Å². The molecule has 0 bridgehead atoms. The molecule has 0 amide bonds. The van der Waals surface area contributed by atoms with E-state index in [0.717, 1.165) is 0 Å². The highest BCUT2D eigenvalue weighted by atomic mass is 32.3. The fraction of sp³-hybridized carbons (Fsp3) is 1.00. The van der Waals surface area contributed by atoms with Crippen LogP contribution in [0.2, 0.25) is 0 Å². The highest BCUT2D eigenvalue weighted by Crippen LogP contribution is 1.88. The Bertz CT molecular complexity index is 157. The van der Waals surface area contributed by atoms with Crippen LogP contribution in [0, 0.1) is 0 Å². The molecule has 0 saturated heterocycles. The predicted octanol–water partition coefficient (Wildman–Crippen LogP) is -0.139. The van der Waals surface area contributed by atoms with Crippen LogP contribution in [-0.2, 0) is 10.4 Å². The van der Waals surface area contributed by atoms with Crippen molar-refractivity contribution in [3.8, 4) is 0 Å². The maximum atomic E-state index is 8.63.